The summed E-state index contributed by atoms with van der Waals surface area (Å²) in [5, 5.41) is 7.43. The lowest BCUT2D eigenvalue weighted by molar-refractivity contribution is 0.660. The van der Waals surface area contributed by atoms with Crippen LogP contribution in [0.15, 0.2) is 243 Å². The van der Waals surface area contributed by atoms with E-state index in [1.54, 1.807) is 0 Å². The number of nitrogens with zero attached hydrogens (tertiary/aromatic N) is 2. The maximum Gasteiger partial charge on any atom is 0.0493 e. The fraction of sp³-hybridized carbons (Fsp3) is 0.0959. The van der Waals surface area contributed by atoms with Crippen LogP contribution in [-0.2, 0) is 31.1 Å². The van der Waals surface area contributed by atoms with Crippen molar-refractivity contribution >= 4 is 66.4 Å². The predicted octanol–water partition coefficient (Wildman–Crippen LogP) is 19.6. The molecule has 12 aromatic carbocycles. The third kappa shape index (κ3) is 6.93. The number of aryl methyl sites for hydroxylation is 4. The zero-order valence-corrected chi connectivity index (χ0v) is 42.3. The standard InChI is InChI=1S/C73H54N2/c1-73(2)65-22-10-9-21-59(65)60-40-37-56(44-66(60)73)72-62-42-39-57(74-67-23-11-5-16-49(67)30-31-50-17-6-12-24-68(50)74)45-63(62)71(53-34-27-48(28-35-53)55-36-29-47-15-3-4-20-54(47)43-55)61-41-38-58(46-64(61)72)75-69-25-13-7-18-51(69)32-33-52-19-8-14-26-70(52)75/h3-29,34-46H,30-33H2,1-2H3. The van der Waals surface area contributed by atoms with E-state index in [9.17, 15) is 0 Å². The molecule has 0 saturated heterocycles. The van der Waals surface area contributed by atoms with Crippen molar-refractivity contribution in [1.29, 1.82) is 0 Å². The Morgan fingerprint density at radius 3 is 1.28 bits per heavy atom. The summed E-state index contributed by atoms with van der Waals surface area (Å²) in [6.07, 6.45) is 3.98. The van der Waals surface area contributed by atoms with E-state index >= 15 is 0 Å². The zero-order chi connectivity index (χ0) is 49.8. The minimum Gasteiger partial charge on any atom is -0.310 e. The summed E-state index contributed by atoms with van der Waals surface area (Å²) in [5.74, 6) is 0. The van der Waals surface area contributed by atoms with Gasteiger partial charge in [0.1, 0.15) is 0 Å². The van der Waals surface area contributed by atoms with E-state index in [1.165, 1.54) is 133 Å². The number of para-hydroxylation sites is 4. The molecule has 0 saturated carbocycles. The van der Waals surface area contributed by atoms with Crippen LogP contribution in [0.5, 0.6) is 0 Å². The molecule has 2 heteroatoms. The Kier molecular flexibility index (Phi) is 9.91. The highest BCUT2D eigenvalue weighted by molar-refractivity contribution is 6.23. The van der Waals surface area contributed by atoms with Gasteiger partial charge in [0.2, 0.25) is 0 Å². The average molecular weight is 959 g/mol. The molecule has 0 fully saturated rings. The van der Waals surface area contributed by atoms with E-state index < -0.39 is 0 Å². The van der Waals surface area contributed by atoms with Gasteiger partial charge in [-0.1, -0.05) is 196 Å². The number of rotatable bonds is 5. The third-order valence-electron chi connectivity index (χ3n) is 17.0. The van der Waals surface area contributed by atoms with Crippen LogP contribution in [0.1, 0.15) is 47.2 Å². The first-order chi connectivity index (χ1) is 36.9. The Morgan fingerprint density at radius 1 is 0.293 bits per heavy atom. The van der Waals surface area contributed by atoms with Gasteiger partial charge in [-0.2, -0.15) is 0 Å². The SMILES string of the molecule is CC1(C)c2ccccc2-c2ccc(-c3c4ccc(N5c6ccccc6CCc6ccccc65)cc4c(-c4ccc(-c5ccc6ccccc6c5)cc4)c4ccc(N5c6ccccc6CCc6ccccc65)cc34)cc21. The van der Waals surface area contributed by atoms with Crippen LogP contribution in [-0.4, -0.2) is 0 Å². The molecule has 0 N–H and O–H groups in total. The van der Waals surface area contributed by atoms with Crippen molar-refractivity contribution in [2.75, 3.05) is 9.80 Å². The van der Waals surface area contributed by atoms with Crippen LogP contribution in [0.4, 0.5) is 34.1 Å². The smallest absolute Gasteiger partial charge is 0.0493 e. The van der Waals surface area contributed by atoms with Crippen molar-refractivity contribution in [3.63, 3.8) is 0 Å². The van der Waals surface area contributed by atoms with Gasteiger partial charge >= 0.3 is 0 Å². The molecule has 0 unspecified atom stereocenters. The summed E-state index contributed by atoms with van der Waals surface area (Å²) in [7, 11) is 0. The molecular weight excluding hydrogens is 905 g/mol. The van der Waals surface area contributed by atoms with Crippen molar-refractivity contribution in [3.8, 4) is 44.5 Å². The molecule has 0 atom stereocenters. The predicted molar refractivity (Wildman–Crippen MR) is 317 cm³/mol. The summed E-state index contributed by atoms with van der Waals surface area (Å²) in [6.45, 7) is 4.80. The van der Waals surface area contributed by atoms with Crippen LogP contribution < -0.4 is 9.80 Å². The number of hydrogen-bond donors (Lipinski definition) is 0. The summed E-state index contributed by atoms with van der Waals surface area (Å²) in [6, 6.07) is 92.0. The minimum absolute atomic E-state index is 0.161. The summed E-state index contributed by atoms with van der Waals surface area (Å²) >= 11 is 0. The quantitative estimate of drug-likeness (QED) is 0.159. The largest absolute Gasteiger partial charge is 0.310 e. The Balaban J connectivity index is 1.03. The van der Waals surface area contributed by atoms with E-state index in [0.717, 1.165) is 37.1 Å². The van der Waals surface area contributed by atoms with Crippen molar-refractivity contribution in [2.24, 2.45) is 0 Å². The number of fused-ring (bicyclic) bond motifs is 10. The molecule has 2 aliphatic heterocycles. The van der Waals surface area contributed by atoms with E-state index in [2.05, 4.69) is 266 Å². The highest BCUT2D eigenvalue weighted by Crippen LogP contribution is 2.54. The third-order valence-corrected chi connectivity index (χ3v) is 17.0. The second-order valence-electron chi connectivity index (χ2n) is 21.5. The Morgan fingerprint density at radius 2 is 0.720 bits per heavy atom. The van der Waals surface area contributed by atoms with Crippen molar-refractivity contribution < 1.29 is 0 Å². The first-order valence-corrected chi connectivity index (χ1v) is 26.7. The fourth-order valence-corrected chi connectivity index (χ4v) is 13.3. The van der Waals surface area contributed by atoms with E-state index in [-0.39, 0.29) is 5.41 Å². The fourth-order valence-electron chi connectivity index (χ4n) is 13.3. The molecular formula is C73H54N2. The molecule has 0 radical (unpaired) electrons. The lowest BCUT2D eigenvalue weighted by atomic mass is 9.80. The van der Waals surface area contributed by atoms with Gasteiger partial charge in [-0.25, -0.2) is 0 Å². The van der Waals surface area contributed by atoms with Crippen LogP contribution in [0.2, 0.25) is 0 Å². The Hall–Kier alpha value is -8.98. The molecule has 15 rings (SSSR count). The molecule has 2 heterocycles. The highest BCUT2D eigenvalue weighted by atomic mass is 15.2. The zero-order valence-electron chi connectivity index (χ0n) is 42.3. The maximum atomic E-state index is 2.53. The number of benzene rings is 12. The molecule has 3 aliphatic rings. The molecule has 2 nitrogen and oxygen atoms in total. The van der Waals surface area contributed by atoms with Crippen LogP contribution in [0.25, 0.3) is 76.8 Å². The molecule has 356 valence electrons. The van der Waals surface area contributed by atoms with Crippen molar-refractivity contribution in [3.05, 3.63) is 276 Å². The number of anilines is 6. The Bertz CT molecular complexity index is 4200. The van der Waals surface area contributed by atoms with Gasteiger partial charge in [-0.05, 0) is 197 Å². The first-order valence-electron chi connectivity index (χ1n) is 26.7. The van der Waals surface area contributed by atoms with Crippen LogP contribution >= 0.6 is 0 Å². The van der Waals surface area contributed by atoms with Gasteiger partial charge in [0.15, 0.2) is 0 Å². The highest BCUT2D eigenvalue weighted by Gasteiger charge is 2.36. The summed E-state index contributed by atoms with van der Waals surface area (Å²) < 4.78 is 0. The second-order valence-corrected chi connectivity index (χ2v) is 21.5. The summed E-state index contributed by atoms with van der Waals surface area (Å²) in [5.41, 5.74) is 25.4. The van der Waals surface area contributed by atoms with Crippen molar-refractivity contribution in [1.82, 2.24) is 0 Å². The molecule has 0 bridgehead atoms. The van der Waals surface area contributed by atoms with Gasteiger partial charge in [-0.3, -0.25) is 0 Å². The van der Waals surface area contributed by atoms with Gasteiger partial charge < -0.3 is 9.80 Å². The van der Waals surface area contributed by atoms with E-state index in [0.29, 0.717) is 0 Å². The molecule has 0 amide bonds. The minimum atomic E-state index is -0.161. The van der Waals surface area contributed by atoms with Crippen LogP contribution in [0, 0.1) is 0 Å². The molecule has 12 aromatic rings. The normalized spacial score (nSPS) is 14.1. The molecule has 75 heavy (non-hydrogen) atoms. The monoisotopic (exact) mass is 958 g/mol. The summed E-state index contributed by atoms with van der Waals surface area (Å²) in [4.78, 5) is 5.06. The molecule has 1 aliphatic carbocycles. The van der Waals surface area contributed by atoms with Gasteiger partial charge in [0, 0.05) is 39.5 Å². The Labute approximate surface area is 439 Å². The lowest BCUT2D eigenvalue weighted by Crippen LogP contribution is -2.15. The van der Waals surface area contributed by atoms with E-state index in [1.807, 2.05) is 0 Å². The maximum absolute atomic E-state index is 2.53. The van der Waals surface area contributed by atoms with Gasteiger partial charge in [0.05, 0.1) is 0 Å². The molecule has 0 spiro atoms. The second kappa shape index (κ2) is 17.0. The van der Waals surface area contributed by atoms with Crippen molar-refractivity contribution in [2.45, 2.75) is 44.9 Å². The van der Waals surface area contributed by atoms with Gasteiger partial charge in [0.25, 0.3) is 0 Å². The topological polar surface area (TPSA) is 6.48 Å². The van der Waals surface area contributed by atoms with E-state index in [4.69, 9.17) is 0 Å². The van der Waals surface area contributed by atoms with Gasteiger partial charge in [-0.15, -0.1) is 0 Å². The molecule has 0 aromatic heterocycles. The first kappa shape index (κ1) is 43.6. The number of hydrogen-bond acceptors (Lipinski definition) is 2. The van der Waals surface area contributed by atoms with Crippen LogP contribution in [0.3, 0.4) is 0 Å². The lowest BCUT2D eigenvalue weighted by Gasteiger charge is -2.29. The average Bonchev–Trinajstić information content (AvgIpc) is 3.61.